The van der Waals surface area contributed by atoms with E-state index in [-0.39, 0.29) is 0 Å². The van der Waals surface area contributed by atoms with Crippen LogP contribution in [0.1, 0.15) is 44.1 Å². The van der Waals surface area contributed by atoms with Crippen LogP contribution in [0.25, 0.3) is 0 Å². The minimum absolute atomic E-state index is 0.546. The number of hydrogen-bond donors (Lipinski definition) is 1. The third-order valence-corrected chi connectivity index (χ3v) is 4.70. The van der Waals surface area contributed by atoms with Gasteiger partial charge >= 0.3 is 0 Å². The third kappa shape index (κ3) is 3.06. The van der Waals surface area contributed by atoms with Crippen molar-refractivity contribution in [1.82, 2.24) is 5.32 Å². The van der Waals surface area contributed by atoms with Gasteiger partial charge in [0, 0.05) is 24.4 Å². The van der Waals surface area contributed by atoms with Crippen LogP contribution in [-0.2, 0) is 0 Å². The molecule has 20 heavy (non-hydrogen) atoms. The zero-order chi connectivity index (χ0) is 13.8. The Morgan fingerprint density at radius 3 is 3.05 bits per heavy atom. The van der Waals surface area contributed by atoms with Crippen LogP contribution in [0.4, 0.5) is 5.69 Å². The van der Waals surface area contributed by atoms with Crippen molar-refractivity contribution in [1.29, 1.82) is 0 Å². The largest absolute Gasteiger partial charge is 0.348 e. The van der Waals surface area contributed by atoms with Gasteiger partial charge in [-0.25, -0.2) is 0 Å². The zero-order valence-electron chi connectivity index (χ0n) is 12.5. The average molecular weight is 270 g/mol. The molecule has 2 heteroatoms. The summed E-state index contributed by atoms with van der Waals surface area (Å²) in [5.41, 5.74) is 2.87. The highest BCUT2D eigenvalue weighted by molar-refractivity contribution is 5.60. The SMILES string of the molecule is CC1C=CN(CCCC2CCCNC2)c2ccccc21. The summed E-state index contributed by atoms with van der Waals surface area (Å²) in [6.07, 6.45) is 10.0. The van der Waals surface area contributed by atoms with Crippen LogP contribution in [0.2, 0.25) is 0 Å². The number of piperidine rings is 1. The second kappa shape index (κ2) is 6.45. The molecule has 2 heterocycles. The molecular weight excluding hydrogens is 244 g/mol. The molecule has 2 aliphatic rings. The molecular formula is C18H26N2. The van der Waals surface area contributed by atoms with Gasteiger partial charge < -0.3 is 10.2 Å². The number of hydrogen-bond acceptors (Lipinski definition) is 2. The Hall–Kier alpha value is -1.28. The molecule has 1 aromatic rings. The smallest absolute Gasteiger partial charge is 0.0444 e. The van der Waals surface area contributed by atoms with Crippen molar-refractivity contribution in [3.05, 3.63) is 42.1 Å². The van der Waals surface area contributed by atoms with Gasteiger partial charge in [0.15, 0.2) is 0 Å². The summed E-state index contributed by atoms with van der Waals surface area (Å²) < 4.78 is 0. The van der Waals surface area contributed by atoms with E-state index in [1.807, 2.05) is 0 Å². The van der Waals surface area contributed by atoms with E-state index in [2.05, 4.69) is 53.7 Å². The van der Waals surface area contributed by atoms with Crippen molar-refractivity contribution < 1.29 is 0 Å². The maximum Gasteiger partial charge on any atom is 0.0444 e. The van der Waals surface area contributed by atoms with E-state index >= 15 is 0 Å². The van der Waals surface area contributed by atoms with E-state index in [9.17, 15) is 0 Å². The minimum atomic E-state index is 0.546. The lowest BCUT2D eigenvalue weighted by molar-refractivity contribution is 0.352. The van der Waals surface area contributed by atoms with Gasteiger partial charge in [-0.3, -0.25) is 0 Å². The van der Waals surface area contributed by atoms with Crippen molar-refractivity contribution >= 4 is 5.69 Å². The Balaban J connectivity index is 1.56. The Bertz CT molecular complexity index is 460. The molecule has 0 radical (unpaired) electrons. The lowest BCUT2D eigenvalue weighted by Crippen LogP contribution is -2.30. The van der Waals surface area contributed by atoms with Gasteiger partial charge in [0.05, 0.1) is 0 Å². The van der Waals surface area contributed by atoms with Crippen LogP contribution in [-0.4, -0.2) is 19.6 Å². The summed E-state index contributed by atoms with van der Waals surface area (Å²) >= 11 is 0. The van der Waals surface area contributed by atoms with Crippen LogP contribution in [0, 0.1) is 5.92 Å². The summed E-state index contributed by atoms with van der Waals surface area (Å²) in [4.78, 5) is 2.44. The van der Waals surface area contributed by atoms with Crippen LogP contribution in [0.15, 0.2) is 36.5 Å². The molecule has 2 nitrogen and oxygen atoms in total. The first-order chi connectivity index (χ1) is 9.84. The van der Waals surface area contributed by atoms with Gasteiger partial charge in [0.2, 0.25) is 0 Å². The minimum Gasteiger partial charge on any atom is -0.348 e. The van der Waals surface area contributed by atoms with Gasteiger partial charge in [0.25, 0.3) is 0 Å². The number of rotatable bonds is 4. The van der Waals surface area contributed by atoms with Crippen LogP contribution < -0.4 is 10.2 Å². The predicted octanol–water partition coefficient (Wildman–Crippen LogP) is 3.90. The van der Waals surface area contributed by atoms with Gasteiger partial charge in [-0.15, -0.1) is 0 Å². The Kier molecular flexibility index (Phi) is 4.41. The normalized spacial score (nSPS) is 25.6. The van der Waals surface area contributed by atoms with Gasteiger partial charge in [-0.1, -0.05) is 31.2 Å². The van der Waals surface area contributed by atoms with Crippen molar-refractivity contribution in [2.24, 2.45) is 5.92 Å². The molecule has 0 bridgehead atoms. The number of benzene rings is 1. The second-order valence-electron chi connectivity index (χ2n) is 6.24. The van der Waals surface area contributed by atoms with E-state index in [1.165, 1.54) is 50.0 Å². The summed E-state index contributed by atoms with van der Waals surface area (Å²) in [5.74, 6) is 1.44. The molecule has 0 aliphatic carbocycles. The number of nitrogens with zero attached hydrogens (tertiary/aromatic N) is 1. The lowest BCUT2D eigenvalue weighted by Gasteiger charge is -2.30. The van der Waals surface area contributed by atoms with Crippen molar-refractivity contribution in [3.63, 3.8) is 0 Å². The molecule has 0 saturated carbocycles. The number of anilines is 1. The van der Waals surface area contributed by atoms with E-state index in [0.29, 0.717) is 5.92 Å². The van der Waals surface area contributed by atoms with E-state index < -0.39 is 0 Å². The monoisotopic (exact) mass is 270 g/mol. The third-order valence-electron chi connectivity index (χ3n) is 4.70. The highest BCUT2D eigenvalue weighted by Gasteiger charge is 2.18. The molecule has 0 aromatic heterocycles. The quantitative estimate of drug-likeness (QED) is 0.892. The molecule has 3 rings (SSSR count). The maximum atomic E-state index is 3.52. The average Bonchev–Trinajstić information content (AvgIpc) is 2.51. The molecule has 1 aromatic carbocycles. The van der Waals surface area contributed by atoms with Gasteiger partial charge in [-0.05, 0) is 56.3 Å². The van der Waals surface area contributed by atoms with Crippen molar-refractivity contribution in [3.8, 4) is 0 Å². The Labute approximate surface area is 122 Å². The highest BCUT2D eigenvalue weighted by atomic mass is 15.1. The van der Waals surface area contributed by atoms with E-state index in [1.54, 1.807) is 0 Å². The fraction of sp³-hybridized carbons (Fsp3) is 0.556. The molecule has 108 valence electrons. The molecule has 1 saturated heterocycles. The molecule has 2 aliphatic heterocycles. The van der Waals surface area contributed by atoms with E-state index in [4.69, 9.17) is 0 Å². The molecule has 1 fully saturated rings. The van der Waals surface area contributed by atoms with Crippen LogP contribution >= 0.6 is 0 Å². The summed E-state index contributed by atoms with van der Waals surface area (Å²) in [7, 11) is 0. The molecule has 0 amide bonds. The predicted molar refractivity (Wildman–Crippen MR) is 86.2 cm³/mol. The topological polar surface area (TPSA) is 15.3 Å². The fourth-order valence-corrected chi connectivity index (χ4v) is 3.47. The van der Waals surface area contributed by atoms with E-state index in [0.717, 1.165) is 12.5 Å². The summed E-state index contributed by atoms with van der Waals surface area (Å²) in [5, 5.41) is 3.52. The maximum absolute atomic E-state index is 3.52. The Morgan fingerprint density at radius 2 is 2.20 bits per heavy atom. The van der Waals surface area contributed by atoms with Crippen LogP contribution in [0.5, 0.6) is 0 Å². The second-order valence-corrected chi connectivity index (χ2v) is 6.24. The van der Waals surface area contributed by atoms with Crippen LogP contribution in [0.3, 0.4) is 0 Å². The van der Waals surface area contributed by atoms with Gasteiger partial charge in [0.1, 0.15) is 0 Å². The van der Waals surface area contributed by atoms with Gasteiger partial charge in [-0.2, -0.15) is 0 Å². The van der Waals surface area contributed by atoms with Crippen molar-refractivity contribution in [2.75, 3.05) is 24.5 Å². The standard InChI is InChI=1S/C18H26N2/c1-15-10-13-20(18-9-3-2-8-17(15)18)12-5-7-16-6-4-11-19-14-16/h2-3,8-10,13,15-16,19H,4-7,11-12,14H2,1H3. The number of para-hydroxylation sites is 1. The Morgan fingerprint density at radius 1 is 1.30 bits per heavy atom. The zero-order valence-corrected chi connectivity index (χ0v) is 12.5. The molecule has 0 spiro atoms. The first-order valence-electron chi connectivity index (χ1n) is 8.09. The molecule has 1 N–H and O–H groups in total. The number of allylic oxidation sites excluding steroid dienone is 1. The first kappa shape index (κ1) is 13.7. The summed E-state index contributed by atoms with van der Waals surface area (Å²) in [6.45, 7) is 5.87. The fourth-order valence-electron chi connectivity index (χ4n) is 3.47. The number of fused-ring (bicyclic) bond motifs is 1. The first-order valence-corrected chi connectivity index (χ1v) is 8.09. The summed E-state index contributed by atoms with van der Waals surface area (Å²) in [6, 6.07) is 8.84. The van der Waals surface area contributed by atoms with Crippen molar-refractivity contribution in [2.45, 2.75) is 38.5 Å². The lowest BCUT2D eigenvalue weighted by atomic mass is 9.93. The molecule has 2 unspecified atom stereocenters. The highest BCUT2D eigenvalue weighted by Crippen LogP contribution is 2.33. The molecule has 2 atom stereocenters. The number of nitrogens with one attached hydrogen (secondary N) is 1.